The number of hydrogen-bond donors (Lipinski definition) is 0. The van der Waals surface area contributed by atoms with E-state index in [4.69, 9.17) is 4.74 Å². The summed E-state index contributed by atoms with van der Waals surface area (Å²) in [5.74, 6) is 1.06. The molecule has 1 aliphatic heterocycles. The zero-order valence-electron chi connectivity index (χ0n) is 15.5. The number of likely N-dealkylation sites (tertiary alicyclic amines) is 1. The number of thiophene rings is 1. The highest BCUT2D eigenvalue weighted by atomic mass is 32.2. The highest BCUT2D eigenvalue weighted by Gasteiger charge is 2.23. The topological polar surface area (TPSA) is 66.9 Å². The van der Waals surface area contributed by atoms with E-state index in [0.717, 1.165) is 25.9 Å². The first-order valence-electron chi connectivity index (χ1n) is 8.91. The second-order valence-electron chi connectivity index (χ2n) is 6.77. The van der Waals surface area contributed by atoms with Gasteiger partial charge in [0.2, 0.25) is 0 Å². The van der Waals surface area contributed by atoms with Crippen LogP contribution in [0.15, 0.2) is 46.0 Å². The van der Waals surface area contributed by atoms with Gasteiger partial charge >= 0.3 is 0 Å². The van der Waals surface area contributed by atoms with Gasteiger partial charge in [-0.25, -0.2) is 8.42 Å². The van der Waals surface area contributed by atoms with Gasteiger partial charge in [-0.15, -0.1) is 11.3 Å². The minimum atomic E-state index is -3.56. The van der Waals surface area contributed by atoms with Gasteiger partial charge in [0, 0.05) is 20.1 Å². The normalized spacial score (nSPS) is 17.6. The minimum absolute atomic E-state index is 0.00456. The van der Waals surface area contributed by atoms with Gasteiger partial charge in [-0.05, 0) is 54.5 Å². The fourth-order valence-electron chi connectivity index (χ4n) is 3.09. The Morgan fingerprint density at radius 3 is 2.67 bits per heavy atom. The molecule has 1 amide bonds. The highest BCUT2D eigenvalue weighted by molar-refractivity contribution is 7.94. The number of hydrogen-bond acceptors (Lipinski definition) is 5. The molecular formula is C19H24N2O4S2. The van der Waals surface area contributed by atoms with Crippen LogP contribution in [-0.4, -0.2) is 46.0 Å². The summed E-state index contributed by atoms with van der Waals surface area (Å²) in [6, 6.07) is 10.0. The number of carbonyl (C=O) groups is 1. The van der Waals surface area contributed by atoms with Gasteiger partial charge in [0.25, 0.3) is 15.9 Å². The third-order valence-corrected chi connectivity index (χ3v) is 7.84. The predicted octanol–water partition coefficient (Wildman–Crippen LogP) is 3.21. The van der Waals surface area contributed by atoms with Gasteiger partial charge in [0.15, 0.2) is 6.61 Å². The number of nitrogens with zero attached hydrogens (tertiary/aromatic N) is 2. The van der Waals surface area contributed by atoms with Crippen molar-refractivity contribution in [1.29, 1.82) is 0 Å². The van der Waals surface area contributed by atoms with Crippen LogP contribution in [-0.2, 0) is 14.8 Å². The molecule has 1 aromatic heterocycles. The van der Waals surface area contributed by atoms with Crippen molar-refractivity contribution < 1.29 is 17.9 Å². The lowest BCUT2D eigenvalue weighted by Gasteiger charge is -2.30. The summed E-state index contributed by atoms with van der Waals surface area (Å²) in [6.07, 6.45) is 2.20. The van der Waals surface area contributed by atoms with Gasteiger partial charge < -0.3 is 9.64 Å². The molecule has 0 bridgehead atoms. The van der Waals surface area contributed by atoms with Gasteiger partial charge in [0.1, 0.15) is 9.96 Å². The Bertz CT molecular complexity index is 864. The van der Waals surface area contributed by atoms with Crippen molar-refractivity contribution in [3.05, 3.63) is 41.8 Å². The lowest BCUT2D eigenvalue weighted by molar-refractivity contribution is -0.135. The summed E-state index contributed by atoms with van der Waals surface area (Å²) in [5.41, 5.74) is 0.534. The Morgan fingerprint density at radius 1 is 1.30 bits per heavy atom. The molecule has 0 radical (unpaired) electrons. The molecule has 146 valence electrons. The summed E-state index contributed by atoms with van der Waals surface area (Å²) in [6.45, 7) is 3.72. The number of piperidine rings is 1. The molecule has 0 spiro atoms. The lowest BCUT2D eigenvalue weighted by atomic mass is 10.0. The molecular weight excluding hydrogens is 384 g/mol. The maximum absolute atomic E-state index is 12.6. The monoisotopic (exact) mass is 408 g/mol. The maximum Gasteiger partial charge on any atom is 0.273 e. The molecule has 0 N–H and O–H groups in total. The molecule has 6 nitrogen and oxygen atoms in total. The van der Waals surface area contributed by atoms with Crippen molar-refractivity contribution in [2.75, 3.05) is 31.0 Å². The Labute approximate surface area is 164 Å². The molecule has 1 saturated heterocycles. The first-order valence-corrected chi connectivity index (χ1v) is 11.2. The van der Waals surface area contributed by atoms with Crippen LogP contribution in [0.2, 0.25) is 0 Å². The van der Waals surface area contributed by atoms with Gasteiger partial charge in [-0.2, -0.15) is 0 Å². The summed E-state index contributed by atoms with van der Waals surface area (Å²) in [4.78, 5) is 14.1. The summed E-state index contributed by atoms with van der Waals surface area (Å²) in [7, 11) is -2.04. The van der Waals surface area contributed by atoms with E-state index in [0.29, 0.717) is 21.6 Å². The van der Waals surface area contributed by atoms with Crippen molar-refractivity contribution in [3.63, 3.8) is 0 Å². The molecule has 1 aliphatic rings. The van der Waals surface area contributed by atoms with E-state index in [9.17, 15) is 13.2 Å². The second-order valence-corrected chi connectivity index (χ2v) is 9.92. The summed E-state index contributed by atoms with van der Waals surface area (Å²) < 4.78 is 32.2. The van der Waals surface area contributed by atoms with Crippen LogP contribution >= 0.6 is 11.3 Å². The van der Waals surface area contributed by atoms with Crippen molar-refractivity contribution in [3.8, 4) is 5.75 Å². The standard InChI is InChI=1S/C19H24N2O4S2/c1-15-5-3-11-21(13-15)18(22)14-25-17-9-7-16(8-10-17)20(2)27(23,24)19-6-4-12-26-19/h4,6-10,12,15H,3,5,11,13-14H2,1-2H3. The number of sulfonamides is 1. The summed E-state index contributed by atoms with van der Waals surface area (Å²) >= 11 is 1.18. The van der Waals surface area contributed by atoms with Crippen LogP contribution in [0.1, 0.15) is 19.8 Å². The van der Waals surface area contributed by atoms with Crippen LogP contribution in [0.4, 0.5) is 5.69 Å². The second kappa shape index (κ2) is 8.31. The largest absolute Gasteiger partial charge is 0.484 e. The quantitative estimate of drug-likeness (QED) is 0.736. The lowest BCUT2D eigenvalue weighted by Crippen LogP contribution is -2.41. The van der Waals surface area contributed by atoms with Crippen LogP contribution in [0.5, 0.6) is 5.75 Å². The zero-order valence-corrected chi connectivity index (χ0v) is 17.1. The van der Waals surface area contributed by atoms with Crippen LogP contribution in [0.3, 0.4) is 0 Å². The van der Waals surface area contributed by atoms with E-state index in [1.807, 2.05) is 4.90 Å². The molecule has 1 aromatic carbocycles. The van der Waals surface area contributed by atoms with Crippen molar-refractivity contribution >= 4 is 33.0 Å². The molecule has 27 heavy (non-hydrogen) atoms. The molecule has 0 saturated carbocycles. The molecule has 8 heteroatoms. The number of amides is 1. The minimum Gasteiger partial charge on any atom is -0.484 e. The molecule has 2 aromatic rings. The van der Waals surface area contributed by atoms with E-state index in [1.54, 1.807) is 41.8 Å². The zero-order chi connectivity index (χ0) is 19.4. The van der Waals surface area contributed by atoms with E-state index in [2.05, 4.69) is 6.92 Å². The van der Waals surface area contributed by atoms with E-state index >= 15 is 0 Å². The first-order chi connectivity index (χ1) is 12.9. The number of rotatable bonds is 6. The summed E-state index contributed by atoms with van der Waals surface area (Å²) in [5, 5.41) is 1.73. The van der Waals surface area contributed by atoms with Crippen LogP contribution in [0.25, 0.3) is 0 Å². The van der Waals surface area contributed by atoms with Crippen LogP contribution < -0.4 is 9.04 Å². The fourth-order valence-corrected chi connectivity index (χ4v) is 5.45. The predicted molar refractivity (Wildman–Crippen MR) is 107 cm³/mol. The smallest absolute Gasteiger partial charge is 0.273 e. The molecule has 1 unspecified atom stereocenters. The molecule has 1 fully saturated rings. The van der Waals surface area contributed by atoms with E-state index in [-0.39, 0.29) is 12.5 Å². The number of carbonyl (C=O) groups excluding carboxylic acids is 1. The number of anilines is 1. The molecule has 1 atom stereocenters. The average molecular weight is 409 g/mol. The Balaban J connectivity index is 1.59. The molecule has 2 heterocycles. The molecule has 3 rings (SSSR count). The highest BCUT2D eigenvalue weighted by Crippen LogP contribution is 2.26. The molecule has 0 aliphatic carbocycles. The van der Waals surface area contributed by atoms with E-state index < -0.39 is 10.0 Å². The Hall–Kier alpha value is -2.06. The number of benzene rings is 1. The third-order valence-electron chi connectivity index (χ3n) is 4.68. The van der Waals surface area contributed by atoms with Crippen molar-refractivity contribution in [2.24, 2.45) is 5.92 Å². The maximum atomic E-state index is 12.6. The van der Waals surface area contributed by atoms with Crippen LogP contribution in [0, 0.1) is 5.92 Å². The van der Waals surface area contributed by atoms with Gasteiger partial charge in [-0.1, -0.05) is 13.0 Å². The SMILES string of the molecule is CC1CCCN(C(=O)COc2ccc(N(C)S(=O)(=O)c3cccs3)cc2)C1. The Kier molecular flexibility index (Phi) is 6.06. The Morgan fingerprint density at radius 2 is 2.04 bits per heavy atom. The third kappa shape index (κ3) is 4.62. The van der Waals surface area contributed by atoms with E-state index in [1.165, 1.54) is 22.7 Å². The fraction of sp³-hybridized carbons (Fsp3) is 0.421. The van der Waals surface area contributed by atoms with Gasteiger partial charge in [-0.3, -0.25) is 9.10 Å². The first kappa shape index (κ1) is 19.7. The van der Waals surface area contributed by atoms with Gasteiger partial charge in [0.05, 0.1) is 5.69 Å². The average Bonchev–Trinajstić information content (AvgIpc) is 3.21. The van der Waals surface area contributed by atoms with Crippen molar-refractivity contribution in [1.82, 2.24) is 4.90 Å². The number of ether oxygens (including phenoxy) is 1. The van der Waals surface area contributed by atoms with Crippen molar-refractivity contribution in [2.45, 2.75) is 24.0 Å².